The molecule has 4 heteroatoms. The number of hydrogen-bond donors (Lipinski definition) is 2. The summed E-state index contributed by atoms with van der Waals surface area (Å²) in [6, 6.07) is 1.59. The molecule has 1 aromatic heterocycles. The van der Waals surface area contributed by atoms with E-state index in [0.29, 0.717) is 0 Å². The molecule has 1 aliphatic rings. The van der Waals surface area contributed by atoms with E-state index in [2.05, 4.69) is 5.10 Å². The standard InChI is InChI=1S/C9H15N3O/c10-8(6-13)9-3-4-11-12(9)5-7-1-2-7/h3-4,7-8,13H,1-2,5-6,10H2. The highest BCUT2D eigenvalue weighted by Crippen LogP contribution is 2.31. The Morgan fingerprint density at radius 1 is 1.69 bits per heavy atom. The number of nitrogens with two attached hydrogens (primary N) is 1. The highest BCUT2D eigenvalue weighted by atomic mass is 16.3. The van der Waals surface area contributed by atoms with Crippen LogP contribution in [0.15, 0.2) is 12.3 Å². The van der Waals surface area contributed by atoms with E-state index in [1.54, 1.807) is 6.20 Å². The fraction of sp³-hybridized carbons (Fsp3) is 0.667. The van der Waals surface area contributed by atoms with Gasteiger partial charge in [0.1, 0.15) is 0 Å². The van der Waals surface area contributed by atoms with Crippen LogP contribution >= 0.6 is 0 Å². The summed E-state index contributed by atoms with van der Waals surface area (Å²) in [7, 11) is 0. The van der Waals surface area contributed by atoms with Crippen molar-refractivity contribution in [3.8, 4) is 0 Å². The number of aliphatic hydroxyl groups is 1. The van der Waals surface area contributed by atoms with E-state index in [0.717, 1.165) is 18.2 Å². The van der Waals surface area contributed by atoms with E-state index in [1.807, 2.05) is 10.7 Å². The van der Waals surface area contributed by atoms with Crippen LogP contribution in [0.4, 0.5) is 0 Å². The average Bonchev–Trinajstić information content (AvgIpc) is 2.82. The third-order valence-corrected chi connectivity index (χ3v) is 2.45. The molecule has 1 aromatic rings. The lowest BCUT2D eigenvalue weighted by Gasteiger charge is -2.11. The number of aromatic nitrogens is 2. The third-order valence-electron chi connectivity index (χ3n) is 2.45. The van der Waals surface area contributed by atoms with E-state index in [4.69, 9.17) is 10.8 Å². The van der Waals surface area contributed by atoms with E-state index in [-0.39, 0.29) is 12.6 Å². The van der Waals surface area contributed by atoms with Gasteiger partial charge in [0.05, 0.1) is 18.3 Å². The molecule has 0 aromatic carbocycles. The van der Waals surface area contributed by atoms with Crippen LogP contribution in [0.2, 0.25) is 0 Å². The second kappa shape index (κ2) is 3.47. The first-order valence-electron chi connectivity index (χ1n) is 4.69. The number of rotatable bonds is 4. The Morgan fingerprint density at radius 2 is 2.46 bits per heavy atom. The van der Waals surface area contributed by atoms with Gasteiger partial charge in [0.25, 0.3) is 0 Å². The van der Waals surface area contributed by atoms with E-state index in [1.165, 1.54) is 12.8 Å². The van der Waals surface area contributed by atoms with Crippen LogP contribution in [0.3, 0.4) is 0 Å². The first-order chi connectivity index (χ1) is 6.31. The number of aliphatic hydroxyl groups excluding tert-OH is 1. The molecule has 1 aliphatic carbocycles. The molecule has 1 heterocycles. The maximum atomic E-state index is 8.91. The lowest BCUT2D eigenvalue weighted by Crippen LogP contribution is -2.20. The van der Waals surface area contributed by atoms with Crippen LogP contribution in [-0.2, 0) is 6.54 Å². The highest BCUT2D eigenvalue weighted by molar-refractivity contribution is 5.06. The molecule has 0 saturated heterocycles. The van der Waals surface area contributed by atoms with Crippen molar-refractivity contribution in [3.63, 3.8) is 0 Å². The van der Waals surface area contributed by atoms with Crippen molar-refractivity contribution in [1.82, 2.24) is 9.78 Å². The minimum atomic E-state index is -0.291. The van der Waals surface area contributed by atoms with Gasteiger partial charge in [-0.3, -0.25) is 4.68 Å². The molecule has 1 saturated carbocycles. The van der Waals surface area contributed by atoms with Crippen molar-refractivity contribution in [2.75, 3.05) is 6.61 Å². The molecule has 13 heavy (non-hydrogen) atoms. The molecule has 0 radical (unpaired) electrons. The van der Waals surface area contributed by atoms with Crippen LogP contribution in [0, 0.1) is 5.92 Å². The van der Waals surface area contributed by atoms with Gasteiger partial charge in [-0.1, -0.05) is 0 Å². The van der Waals surface area contributed by atoms with Crippen molar-refractivity contribution in [3.05, 3.63) is 18.0 Å². The fourth-order valence-corrected chi connectivity index (χ4v) is 1.45. The van der Waals surface area contributed by atoms with Gasteiger partial charge in [-0.25, -0.2) is 0 Å². The zero-order valence-electron chi connectivity index (χ0n) is 7.56. The van der Waals surface area contributed by atoms with Crippen LogP contribution in [0.1, 0.15) is 24.6 Å². The normalized spacial score (nSPS) is 18.9. The van der Waals surface area contributed by atoms with E-state index < -0.39 is 0 Å². The Balaban J connectivity index is 2.09. The second-order valence-corrected chi connectivity index (χ2v) is 3.67. The molecule has 0 aliphatic heterocycles. The van der Waals surface area contributed by atoms with Gasteiger partial charge in [0.15, 0.2) is 0 Å². The minimum absolute atomic E-state index is 0.0175. The predicted molar refractivity (Wildman–Crippen MR) is 49.0 cm³/mol. The Morgan fingerprint density at radius 3 is 3.08 bits per heavy atom. The van der Waals surface area contributed by atoms with Gasteiger partial charge < -0.3 is 10.8 Å². The molecule has 0 bridgehead atoms. The van der Waals surface area contributed by atoms with Gasteiger partial charge in [-0.05, 0) is 24.8 Å². The maximum absolute atomic E-state index is 8.91. The molecular formula is C9H15N3O. The molecular weight excluding hydrogens is 166 g/mol. The molecule has 4 nitrogen and oxygen atoms in total. The topological polar surface area (TPSA) is 64.1 Å². The van der Waals surface area contributed by atoms with Crippen molar-refractivity contribution >= 4 is 0 Å². The molecule has 1 atom stereocenters. The summed E-state index contributed by atoms with van der Waals surface area (Å²) in [6.07, 6.45) is 4.34. The summed E-state index contributed by atoms with van der Waals surface area (Å²) >= 11 is 0. The quantitative estimate of drug-likeness (QED) is 0.701. The summed E-state index contributed by atoms with van der Waals surface area (Å²) in [5, 5.41) is 13.1. The van der Waals surface area contributed by atoms with Crippen LogP contribution in [0.5, 0.6) is 0 Å². The Bertz CT molecular complexity index is 280. The molecule has 1 unspecified atom stereocenters. The summed E-state index contributed by atoms with van der Waals surface area (Å²) in [6.45, 7) is 0.937. The molecule has 1 fully saturated rings. The van der Waals surface area contributed by atoms with E-state index in [9.17, 15) is 0 Å². The predicted octanol–water partition coefficient (Wildman–Crippen LogP) is 0.285. The first kappa shape index (κ1) is 8.72. The Kier molecular flexibility index (Phi) is 2.33. The van der Waals surface area contributed by atoms with Gasteiger partial charge >= 0.3 is 0 Å². The van der Waals surface area contributed by atoms with Crippen molar-refractivity contribution in [2.24, 2.45) is 11.7 Å². The molecule has 0 spiro atoms. The lowest BCUT2D eigenvalue weighted by molar-refractivity contribution is 0.261. The smallest absolute Gasteiger partial charge is 0.0701 e. The van der Waals surface area contributed by atoms with Crippen LogP contribution in [0.25, 0.3) is 0 Å². The van der Waals surface area contributed by atoms with Crippen LogP contribution < -0.4 is 5.73 Å². The first-order valence-corrected chi connectivity index (χ1v) is 4.69. The summed E-state index contributed by atoms with van der Waals surface area (Å²) in [5.41, 5.74) is 6.66. The van der Waals surface area contributed by atoms with E-state index >= 15 is 0 Å². The molecule has 0 amide bonds. The lowest BCUT2D eigenvalue weighted by atomic mass is 10.2. The van der Waals surface area contributed by atoms with Crippen molar-refractivity contribution < 1.29 is 5.11 Å². The van der Waals surface area contributed by atoms with Gasteiger partial charge in [0.2, 0.25) is 0 Å². The van der Waals surface area contributed by atoms with Gasteiger partial charge in [-0.15, -0.1) is 0 Å². The second-order valence-electron chi connectivity index (χ2n) is 3.67. The average molecular weight is 181 g/mol. The fourth-order valence-electron chi connectivity index (χ4n) is 1.45. The third kappa shape index (κ3) is 1.89. The van der Waals surface area contributed by atoms with Crippen LogP contribution in [-0.4, -0.2) is 21.5 Å². The van der Waals surface area contributed by atoms with Gasteiger partial charge in [-0.2, -0.15) is 5.10 Å². The number of hydrogen-bond acceptors (Lipinski definition) is 3. The Hall–Kier alpha value is -0.870. The zero-order valence-corrected chi connectivity index (χ0v) is 7.56. The highest BCUT2D eigenvalue weighted by Gasteiger charge is 2.23. The monoisotopic (exact) mass is 181 g/mol. The van der Waals surface area contributed by atoms with Crippen molar-refractivity contribution in [2.45, 2.75) is 25.4 Å². The summed E-state index contributed by atoms with van der Waals surface area (Å²) in [4.78, 5) is 0. The number of nitrogens with zero attached hydrogens (tertiary/aromatic N) is 2. The maximum Gasteiger partial charge on any atom is 0.0701 e. The van der Waals surface area contributed by atoms with Crippen molar-refractivity contribution in [1.29, 1.82) is 0 Å². The van der Waals surface area contributed by atoms with Gasteiger partial charge in [0, 0.05) is 12.7 Å². The largest absolute Gasteiger partial charge is 0.394 e. The molecule has 2 rings (SSSR count). The molecule has 3 N–H and O–H groups in total. The minimum Gasteiger partial charge on any atom is -0.394 e. The SMILES string of the molecule is NC(CO)c1ccnn1CC1CC1. The Labute approximate surface area is 77.4 Å². The molecule has 72 valence electrons. The summed E-state index contributed by atoms with van der Waals surface area (Å²) < 4.78 is 1.92. The zero-order chi connectivity index (χ0) is 9.26. The summed E-state index contributed by atoms with van der Waals surface area (Å²) in [5.74, 6) is 0.782.